The first kappa shape index (κ1) is 12.9. The molecule has 2 aliphatic heterocycles. The maximum Gasteiger partial charge on any atom is 0.231 e. The van der Waals surface area contributed by atoms with Crippen LogP contribution in [-0.4, -0.2) is 30.6 Å². The van der Waals surface area contributed by atoms with Gasteiger partial charge < -0.3 is 14.3 Å². The Morgan fingerprint density at radius 3 is 2.90 bits per heavy atom. The average molecular weight is 272 g/mol. The molecule has 1 aromatic rings. The summed E-state index contributed by atoms with van der Waals surface area (Å²) in [6.45, 7) is 2.10. The van der Waals surface area contributed by atoms with Gasteiger partial charge in [-0.3, -0.25) is 4.90 Å². The van der Waals surface area contributed by atoms with Crippen molar-refractivity contribution >= 4 is 6.29 Å². The molecular formula is C15H16N2O3. The lowest BCUT2D eigenvalue weighted by Crippen LogP contribution is -2.40. The van der Waals surface area contributed by atoms with E-state index < -0.39 is 5.54 Å². The third-order valence-corrected chi connectivity index (χ3v) is 4.40. The number of likely N-dealkylation sites (N-methyl/N-ethyl adjacent to an activating group) is 1. The minimum absolute atomic E-state index is 0.107. The molecule has 0 aromatic heterocycles. The van der Waals surface area contributed by atoms with E-state index in [1.165, 1.54) is 0 Å². The Bertz CT molecular complexity index is 595. The van der Waals surface area contributed by atoms with Crippen LogP contribution >= 0.6 is 0 Å². The van der Waals surface area contributed by atoms with Gasteiger partial charge in [-0.2, -0.15) is 5.26 Å². The van der Waals surface area contributed by atoms with Crippen LogP contribution in [0.4, 0.5) is 0 Å². The van der Waals surface area contributed by atoms with Crippen molar-refractivity contribution in [1.29, 1.82) is 5.26 Å². The number of rotatable bonds is 2. The lowest BCUT2D eigenvalue weighted by atomic mass is 9.92. The second-order valence-corrected chi connectivity index (χ2v) is 5.58. The Balaban J connectivity index is 2.00. The average Bonchev–Trinajstić information content (AvgIpc) is 3.02. The lowest BCUT2D eigenvalue weighted by Gasteiger charge is -2.30. The van der Waals surface area contributed by atoms with Gasteiger partial charge in [-0.1, -0.05) is 6.07 Å². The van der Waals surface area contributed by atoms with Gasteiger partial charge in [-0.25, -0.2) is 0 Å². The zero-order chi connectivity index (χ0) is 14.3. The Hall–Kier alpha value is -2.06. The van der Waals surface area contributed by atoms with Gasteiger partial charge in [0, 0.05) is 0 Å². The molecule has 3 rings (SSSR count). The predicted molar refractivity (Wildman–Crippen MR) is 71.3 cm³/mol. The van der Waals surface area contributed by atoms with Crippen LogP contribution in [0.1, 0.15) is 24.9 Å². The van der Waals surface area contributed by atoms with E-state index in [0.717, 1.165) is 17.6 Å². The fourth-order valence-electron chi connectivity index (χ4n) is 3.09. The van der Waals surface area contributed by atoms with E-state index in [0.29, 0.717) is 12.2 Å². The highest BCUT2D eigenvalue weighted by Gasteiger charge is 2.47. The first-order valence-electron chi connectivity index (χ1n) is 6.57. The summed E-state index contributed by atoms with van der Waals surface area (Å²) in [4.78, 5) is 13.3. The first-order valence-corrected chi connectivity index (χ1v) is 6.57. The maximum absolute atomic E-state index is 11.4. The van der Waals surface area contributed by atoms with Gasteiger partial charge in [0.25, 0.3) is 0 Å². The number of aldehydes is 1. The van der Waals surface area contributed by atoms with Crippen LogP contribution in [0.3, 0.4) is 0 Å². The van der Waals surface area contributed by atoms with Gasteiger partial charge in [0.05, 0.1) is 23.6 Å². The van der Waals surface area contributed by atoms with Gasteiger partial charge in [0.1, 0.15) is 6.29 Å². The Kier molecular flexibility index (Phi) is 2.91. The summed E-state index contributed by atoms with van der Waals surface area (Å²) in [7, 11) is 1.89. The van der Waals surface area contributed by atoms with Crippen LogP contribution in [0.25, 0.3) is 0 Å². The van der Waals surface area contributed by atoms with E-state index >= 15 is 0 Å². The van der Waals surface area contributed by atoms with E-state index in [-0.39, 0.29) is 18.8 Å². The summed E-state index contributed by atoms with van der Waals surface area (Å²) in [5, 5.41) is 9.39. The van der Waals surface area contributed by atoms with Gasteiger partial charge in [-0.15, -0.1) is 0 Å². The van der Waals surface area contributed by atoms with Crippen LogP contribution in [0.5, 0.6) is 11.5 Å². The third-order valence-electron chi connectivity index (χ3n) is 4.40. The molecule has 0 saturated carbocycles. The number of ether oxygens (including phenoxy) is 2. The lowest BCUT2D eigenvalue weighted by molar-refractivity contribution is -0.116. The Morgan fingerprint density at radius 1 is 1.45 bits per heavy atom. The van der Waals surface area contributed by atoms with Crippen molar-refractivity contribution in [2.75, 3.05) is 13.8 Å². The zero-order valence-corrected chi connectivity index (χ0v) is 11.5. The molecule has 0 bridgehead atoms. The van der Waals surface area contributed by atoms with E-state index in [4.69, 9.17) is 9.47 Å². The highest BCUT2D eigenvalue weighted by atomic mass is 16.7. The molecule has 20 heavy (non-hydrogen) atoms. The SMILES string of the molecule is CN1C(c2ccc3c(c2)OCO3)C(C#N)CC1(C)C=O. The van der Waals surface area contributed by atoms with E-state index in [2.05, 4.69) is 6.07 Å². The molecule has 2 heterocycles. The molecule has 104 valence electrons. The summed E-state index contributed by atoms with van der Waals surface area (Å²) in [5.41, 5.74) is 0.385. The Morgan fingerprint density at radius 2 is 2.20 bits per heavy atom. The number of hydrogen-bond donors (Lipinski definition) is 0. The quantitative estimate of drug-likeness (QED) is 0.769. The number of carbonyl (C=O) groups is 1. The second kappa shape index (κ2) is 4.50. The summed E-state index contributed by atoms with van der Waals surface area (Å²) >= 11 is 0. The summed E-state index contributed by atoms with van der Waals surface area (Å²) in [6, 6.07) is 7.93. The molecule has 0 amide bonds. The van der Waals surface area contributed by atoms with Crippen LogP contribution in [0.2, 0.25) is 0 Å². The van der Waals surface area contributed by atoms with Crippen LogP contribution < -0.4 is 9.47 Å². The minimum Gasteiger partial charge on any atom is -0.454 e. The maximum atomic E-state index is 11.4. The standard InChI is InChI=1S/C15H16N2O3/c1-15(8-18)6-11(7-16)14(17(15)2)10-3-4-12-13(5-10)20-9-19-12/h3-5,8,11,14H,6,9H2,1-2H3. The van der Waals surface area contributed by atoms with Gasteiger partial charge in [-0.05, 0) is 38.1 Å². The second-order valence-electron chi connectivity index (χ2n) is 5.58. The van der Waals surface area contributed by atoms with Crippen molar-refractivity contribution in [1.82, 2.24) is 4.90 Å². The Labute approximate surface area is 117 Å². The minimum atomic E-state index is -0.596. The largest absolute Gasteiger partial charge is 0.454 e. The number of nitrogens with zero attached hydrogens (tertiary/aromatic N) is 2. The molecule has 2 aliphatic rings. The number of hydrogen-bond acceptors (Lipinski definition) is 5. The predicted octanol–water partition coefficient (Wildman–Crippen LogP) is 1.89. The molecule has 5 heteroatoms. The summed E-state index contributed by atoms with van der Waals surface area (Å²) in [6.07, 6.45) is 1.48. The summed E-state index contributed by atoms with van der Waals surface area (Å²) in [5.74, 6) is 1.21. The van der Waals surface area contributed by atoms with Crippen molar-refractivity contribution in [3.05, 3.63) is 23.8 Å². The number of fused-ring (bicyclic) bond motifs is 1. The molecule has 1 aromatic carbocycles. The molecular weight excluding hydrogens is 256 g/mol. The molecule has 1 fully saturated rings. The van der Waals surface area contributed by atoms with Gasteiger partial charge in [0.15, 0.2) is 11.5 Å². The van der Waals surface area contributed by atoms with Gasteiger partial charge in [0.2, 0.25) is 6.79 Å². The molecule has 0 N–H and O–H groups in total. The number of carbonyl (C=O) groups excluding carboxylic acids is 1. The van der Waals surface area contributed by atoms with Gasteiger partial charge >= 0.3 is 0 Å². The normalized spacial score (nSPS) is 32.0. The molecule has 0 radical (unpaired) electrons. The van der Waals surface area contributed by atoms with E-state index in [9.17, 15) is 10.1 Å². The van der Waals surface area contributed by atoms with Crippen LogP contribution in [-0.2, 0) is 4.79 Å². The molecule has 3 atom stereocenters. The van der Waals surface area contributed by atoms with E-state index in [1.54, 1.807) is 0 Å². The summed E-state index contributed by atoms with van der Waals surface area (Å²) < 4.78 is 10.7. The topological polar surface area (TPSA) is 62.6 Å². The van der Waals surface area contributed by atoms with Crippen molar-refractivity contribution < 1.29 is 14.3 Å². The van der Waals surface area contributed by atoms with Crippen molar-refractivity contribution in [3.63, 3.8) is 0 Å². The molecule has 5 nitrogen and oxygen atoms in total. The highest BCUT2D eigenvalue weighted by molar-refractivity contribution is 5.65. The van der Waals surface area contributed by atoms with E-state index in [1.807, 2.05) is 37.1 Å². The van der Waals surface area contributed by atoms with Crippen LogP contribution in [0, 0.1) is 17.2 Å². The number of nitriles is 1. The third kappa shape index (κ3) is 1.76. The molecule has 0 spiro atoms. The monoisotopic (exact) mass is 272 g/mol. The molecule has 0 aliphatic carbocycles. The first-order chi connectivity index (χ1) is 9.59. The van der Waals surface area contributed by atoms with Crippen molar-refractivity contribution in [2.45, 2.75) is 24.9 Å². The van der Waals surface area contributed by atoms with Crippen molar-refractivity contribution in [3.8, 4) is 17.6 Å². The molecule has 1 saturated heterocycles. The smallest absolute Gasteiger partial charge is 0.231 e. The fraction of sp³-hybridized carbons (Fsp3) is 0.467. The number of likely N-dealkylation sites (tertiary alicyclic amines) is 1. The highest BCUT2D eigenvalue weighted by Crippen LogP contribution is 2.46. The molecule has 3 unspecified atom stereocenters. The zero-order valence-electron chi connectivity index (χ0n) is 11.5. The van der Waals surface area contributed by atoms with Crippen molar-refractivity contribution in [2.24, 2.45) is 5.92 Å². The fourth-order valence-corrected chi connectivity index (χ4v) is 3.09. The number of benzene rings is 1. The van der Waals surface area contributed by atoms with Crippen LogP contribution in [0.15, 0.2) is 18.2 Å².